The van der Waals surface area contributed by atoms with Gasteiger partial charge in [-0.2, -0.15) is 11.3 Å². The third kappa shape index (κ3) is 3.93. The number of urea groups is 1. The standard InChI is InChI=1S/C17H21N5OS/c1-21(2)15(13-6-8-24-12-13)10-19-17(23)18-9-14-11-22-7-4-3-5-16(22)20-14/h3-8,11-12,15H,9-10H2,1-2H3,(H2,18,19,23). The Balaban J connectivity index is 1.51. The summed E-state index contributed by atoms with van der Waals surface area (Å²) >= 11 is 1.66. The van der Waals surface area contributed by atoms with E-state index in [4.69, 9.17) is 0 Å². The molecule has 0 radical (unpaired) electrons. The average Bonchev–Trinajstić information content (AvgIpc) is 3.22. The van der Waals surface area contributed by atoms with Gasteiger partial charge in [-0.15, -0.1) is 0 Å². The summed E-state index contributed by atoms with van der Waals surface area (Å²) in [6.45, 7) is 0.958. The van der Waals surface area contributed by atoms with Crippen LogP contribution in [-0.4, -0.2) is 41.0 Å². The first-order valence-electron chi connectivity index (χ1n) is 7.76. The highest BCUT2D eigenvalue weighted by molar-refractivity contribution is 7.07. The summed E-state index contributed by atoms with van der Waals surface area (Å²) in [5.74, 6) is 0. The number of rotatable bonds is 6. The quantitative estimate of drug-likeness (QED) is 0.723. The highest BCUT2D eigenvalue weighted by atomic mass is 32.1. The summed E-state index contributed by atoms with van der Waals surface area (Å²) in [4.78, 5) is 18.6. The highest BCUT2D eigenvalue weighted by Gasteiger charge is 2.15. The topological polar surface area (TPSA) is 61.7 Å². The van der Waals surface area contributed by atoms with Crippen LogP contribution in [0.5, 0.6) is 0 Å². The fourth-order valence-corrected chi connectivity index (χ4v) is 3.27. The van der Waals surface area contributed by atoms with E-state index in [1.807, 2.05) is 49.1 Å². The lowest BCUT2D eigenvalue weighted by Gasteiger charge is -2.24. The number of nitrogens with zero attached hydrogens (tertiary/aromatic N) is 3. The van der Waals surface area contributed by atoms with Crippen molar-refractivity contribution in [2.24, 2.45) is 0 Å². The van der Waals surface area contributed by atoms with Crippen LogP contribution in [0.1, 0.15) is 17.3 Å². The second-order valence-electron chi connectivity index (χ2n) is 5.80. The number of fused-ring (bicyclic) bond motifs is 1. The van der Waals surface area contributed by atoms with Crippen LogP contribution in [0.2, 0.25) is 0 Å². The summed E-state index contributed by atoms with van der Waals surface area (Å²) in [5.41, 5.74) is 2.92. The summed E-state index contributed by atoms with van der Waals surface area (Å²) in [6, 6.07) is 7.89. The largest absolute Gasteiger partial charge is 0.336 e. The molecule has 2 N–H and O–H groups in total. The van der Waals surface area contributed by atoms with E-state index in [1.54, 1.807) is 11.3 Å². The Morgan fingerprint density at radius 1 is 1.33 bits per heavy atom. The molecule has 0 saturated carbocycles. The average molecular weight is 343 g/mol. The van der Waals surface area contributed by atoms with Gasteiger partial charge in [-0.3, -0.25) is 0 Å². The number of aromatic nitrogens is 2. The maximum atomic E-state index is 12.1. The van der Waals surface area contributed by atoms with Gasteiger partial charge >= 0.3 is 6.03 Å². The molecule has 7 heteroatoms. The number of likely N-dealkylation sites (N-methyl/N-ethyl adjacent to an activating group) is 1. The van der Waals surface area contributed by atoms with Crippen LogP contribution in [0.25, 0.3) is 5.65 Å². The van der Waals surface area contributed by atoms with Gasteiger partial charge in [-0.1, -0.05) is 6.07 Å². The molecule has 0 aromatic carbocycles. The molecule has 6 nitrogen and oxygen atoms in total. The lowest BCUT2D eigenvalue weighted by Crippen LogP contribution is -2.40. The van der Waals surface area contributed by atoms with Crippen molar-refractivity contribution in [3.63, 3.8) is 0 Å². The third-order valence-electron chi connectivity index (χ3n) is 3.85. The number of pyridine rings is 1. The van der Waals surface area contributed by atoms with Crippen LogP contribution in [0.3, 0.4) is 0 Å². The Labute approximate surface area is 145 Å². The molecule has 3 aromatic rings. The molecule has 0 aliphatic carbocycles. The molecule has 1 unspecified atom stereocenters. The molecule has 24 heavy (non-hydrogen) atoms. The fraction of sp³-hybridized carbons (Fsp3) is 0.294. The third-order valence-corrected chi connectivity index (χ3v) is 4.55. The number of hydrogen-bond acceptors (Lipinski definition) is 4. The first kappa shape index (κ1) is 16.5. The van der Waals surface area contributed by atoms with Crippen LogP contribution >= 0.6 is 11.3 Å². The highest BCUT2D eigenvalue weighted by Crippen LogP contribution is 2.19. The number of carbonyl (C=O) groups is 1. The summed E-state index contributed by atoms with van der Waals surface area (Å²) in [7, 11) is 4.02. The minimum Gasteiger partial charge on any atom is -0.336 e. The molecule has 0 aliphatic heterocycles. The molecule has 0 aliphatic rings. The van der Waals surface area contributed by atoms with Crippen molar-refractivity contribution >= 4 is 23.0 Å². The summed E-state index contributed by atoms with van der Waals surface area (Å²) in [5, 5.41) is 9.96. The van der Waals surface area contributed by atoms with E-state index < -0.39 is 0 Å². The molecule has 3 rings (SSSR count). The second-order valence-corrected chi connectivity index (χ2v) is 6.58. The van der Waals surface area contributed by atoms with Crippen LogP contribution in [0, 0.1) is 0 Å². The van der Waals surface area contributed by atoms with Crippen molar-refractivity contribution < 1.29 is 4.79 Å². The van der Waals surface area contributed by atoms with Crippen molar-refractivity contribution in [1.29, 1.82) is 0 Å². The number of nitrogens with one attached hydrogen (secondary N) is 2. The van der Waals surface area contributed by atoms with Crippen LogP contribution in [-0.2, 0) is 6.54 Å². The molecule has 3 heterocycles. The number of hydrogen-bond donors (Lipinski definition) is 2. The van der Waals surface area contributed by atoms with Crippen LogP contribution in [0.4, 0.5) is 4.79 Å². The minimum atomic E-state index is -0.186. The van der Waals surface area contributed by atoms with Gasteiger partial charge in [0.05, 0.1) is 18.3 Å². The maximum Gasteiger partial charge on any atom is 0.315 e. The Morgan fingerprint density at radius 2 is 2.21 bits per heavy atom. The van der Waals surface area contributed by atoms with Gasteiger partial charge in [0, 0.05) is 18.9 Å². The summed E-state index contributed by atoms with van der Waals surface area (Å²) in [6.07, 6.45) is 3.86. The van der Waals surface area contributed by atoms with E-state index in [-0.39, 0.29) is 12.1 Å². The lowest BCUT2D eigenvalue weighted by molar-refractivity contribution is 0.232. The van der Waals surface area contributed by atoms with Crippen molar-refractivity contribution in [1.82, 2.24) is 24.9 Å². The van der Waals surface area contributed by atoms with E-state index in [9.17, 15) is 4.79 Å². The van der Waals surface area contributed by atoms with Crippen LogP contribution < -0.4 is 10.6 Å². The van der Waals surface area contributed by atoms with E-state index in [2.05, 4.69) is 37.3 Å². The zero-order chi connectivity index (χ0) is 16.9. The van der Waals surface area contributed by atoms with Gasteiger partial charge in [0.25, 0.3) is 0 Å². The van der Waals surface area contributed by atoms with Crippen molar-refractivity contribution in [3.8, 4) is 0 Å². The Kier molecular flexibility index (Phi) is 5.12. The number of imidazole rings is 1. The van der Waals surface area contributed by atoms with Crippen molar-refractivity contribution in [3.05, 3.63) is 58.7 Å². The maximum absolute atomic E-state index is 12.1. The second kappa shape index (κ2) is 7.46. The Morgan fingerprint density at radius 3 is 2.92 bits per heavy atom. The fourth-order valence-electron chi connectivity index (χ4n) is 2.56. The molecule has 0 bridgehead atoms. The molecule has 3 aromatic heterocycles. The lowest BCUT2D eigenvalue weighted by atomic mass is 10.1. The number of carbonyl (C=O) groups excluding carboxylic acids is 1. The van der Waals surface area contributed by atoms with Gasteiger partial charge in [0.15, 0.2) is 0 Å². The Hall–Kier alpha value is -2.38. The smallest absolute Gasteiger partial charge is 0.315 e. The normalized spacial score (nSPS) is 12.5. The molecule has 1 atom stereocenters. The summed E-state index contributed by atoms with van der Waals surface area (Å²) < 4.78 is 1.94. The Bertz CT molecular complexity index is 763. The minimum absolute atomic E-state index is 0.164. The predicted octanol–water partition coefficient (Wildman–Crippen LogP) is 2.50. The van der Waals surface area contributed by atoms with E-state index >= 15 is 0 Å². The molecule has 0 fully saturated rings. The molecular weight excluding hydrogens is 322 g/mol. The van der Waals surface area contributed by atoms with E-state index in [0.717, 1.165) is 11.3 Å². The first-order chi connectivity index (χ1) is 11.6. The number of amides is 2. The predicted molar refractivity (Wildman–Crippen MR) is 96.2 cm³/mol. The monoisotopic (exact) mass is 343 g/mol. The van der Waals surface area contributed by atoms with Crippen molar-refractivity contribution in [2.45, 2.75) is 12.6 Å². The first-order valence-corrected chi connectivity index (χ1v) is 8.70. The zero-order valence-corrected chi connectivity index (χ0v) is 14.6. The molecule has 0 saturated heterocycles. The zero-order valence-electron chi connectivity index (χ0n) is 13.8. The number of thiophene rings is 1. The molecule has 0 spiro atoms. The van der Waals surface area contributed by atoms with E-state index in [0.29, 0.717) is 13.1 Å². The van der Waals surface area contributed by atoms with Gasteiger partial charge in [0.2, 0.25) is 0 Å². The van der Waals surface area contributed by atoms with Crippen molar-refractivity contribution in [2.75, 3.05) is 20.6 Å². The molecular formula is C17H21N5OS. The van der Waals surface area contributed by atoms with Gasteiger partial charge in [-0.25, -0.2) is 9.78 Å². The molecule has 2 amide bonds. The van der Waals surface area contributed by atoms with Gasteiger partial charge in [0.1, 0.15) is 5.65 Å². The molecule has 126 valence electrons. The van der Waals surface area contributed by atoms with E-state index in [1.165, 1.54) is 5.56 Å². The van der Waals surface area contributed by atoms with Gasteiger partial charge in [-0.05, 0) is 48.6 Å². The SMILES string of the molecule is CN(C)C(CNC(=O)NCc1cn2ccccc2n1)c1ccsc1. The van der Waals surface area contributed by atoms with Gasteiger partial charge < -0.3 is 19.9 Å². The van der Waals surface area contributed by atoms with Crippen LogP contribution in [0.15, 0.2) is 47.4 Å².